The maximum Gasteiger partial charge on any atom is 0.236 e. The van der Waals surface area contributed by atoms with E-state index in [0.29, 0.717) is 0 Å². The van der Waals surface area contributed by atoms with Crippen LogP contribution in [0.2, 0.25) is 0 Å². The summed E-state index contributed by atoms with van der Waals surface area (Å²) in [5, 5.41) is 19.0. The molecule has 14 heavy (non-hydrogen) atoms. The number of nitrogen functional groups attached to an aromatic ring is 1. The molecule has 2 unspecified atom stereocenters. The predicted octanol–water partition coefficient (Wildman–Crippen LogP) is 0.592. The Kier molecular flexibility index (Phi) is 3.79. The molecule has 0 saturated heterocycles. The fourth-order valence-corrected chi connectivity index (χ4v) is 1.30. The maximum absolute atomic E-state index is 12.7. The molecule has 4 N–H and O–H groups in total. The van der Waals surface area contributed by atoms with Crippen LogP contribution < -0.4 is 5.73 Å². The van der Waals surface area contributed by atoms with Crippen molar-refractivity contribution in [1.82, 2.24) is 4.98 Å². The van der Waals surface area contributed by atoms with E-state index < -0.39 is 18.2 Å². The van der Waals surface area contributed by atoms with Crippen molar-refractivity contribution < 1.29 is 14.6 Å². The van der Waals surface area contributed by atoms with Gasteiger partial charge in [-0.25, -0.2) is 4.98 Å². The van der Waals surface area contributed by atoms with Crippen molar-refractivity contribution in [3.63, 3.8) is 0 Å². The van der Waals surface area contributed by atoms with Gasteiger partial charge < -0.3 is 15.9 Å². The number of nitrogens with zero attached hydrogens (tertiary/aromatic N) is 1. The molecule has 0 aliphatic carbocycles. The molecular weight excluding hydrogens is 255 g/mol. The summed E-state index contributed by atoms with van der Waals surface area (Å²) in [6.45, 7) is 0. The van der Waals surface area contributed by atoms with Crippen molar-refractivity contribution in [2.24, 2.45) is 0 Å². The molecular formula is C8H10BrFN2O2. The molecule has 2 atom stereocenters. The van der Waals surface area contributed by atoms with Crippen LogP contribution in [0, 0.1) is 5.95 Å². The van der Waals surface area contributed by atoms with Gasteiger partial charge in [0, 0.05) is 17.1 Å². The number of pyridine rings is 1. The Morgan fingerprint density at radius 3 is 2.71 bits per heavy atom. The van der Waals surface area contributed by atoms with Crippen molar-refractivity contribution in [2.45, 2.75) is 12.2 Å². The molecule has 1 aromatic heterocycles. The van der Waals surface area contributed by atoms with Gasteiger partial charge in [-0.2, -0.15) is 4.39 Å². The zero-order valence-electron chi connectivity index (χ0n) is 7.19. The summed E-state index contributed by atoms with van der Waals surface area (Å²) >= 11 is 3.01. The van der Waals surface area contributed by atoms with E-state index in [1.807, 2.05) is 0 Å². The Morgan fingerprint density at radius 1 is 1.57 bits per heavy atom. The quantitative estimate of drug-likeness (QED) is 0.552. The van der Waals surface area contributed by atoms with Gasteiger partial charge >= 0.3 is 0 Å². The van der Waals surface area contributed by atoms with Gasteiger partial charge in [0.1, 0.15) is 6.10 Å². The number of rotatable bonds is 3. The molecule has 0 saturated carbocycles. The van der Waals surface area contributed by atoms with Crippen molar-refractivity contribution in [3.05, 3.63) is 23.8 Å². The second-order valence-electron chi connectivity index (χ2n) is 2.82. The van der Waals surface area contributed by atoms with Crippen molar-refractivity contribution in [1.29, 1.82) is 0 Å². The third-order valence-electron chi connectivity index (χ3n) is 1.75. The van der Waals surface area contributed by atoms with Crippen molar-refractivity contribution in [3.8, 4) is 0 Å². The van der Waals surface area contributed by atoms with Crippen LogP contribution in [0.25, 0.3) is 0 Å². The van der Waals surface area contributed by atoms with Gasteiger partial charge in [0.25, 0.3) is 0 Å². The number of anilines is 1. The van der Waals surface area contributed by atoms with Gasteiger partial charge in [0.05, 0.1) is 11.8 Å². The zero-order valence-corrected chi connectivity index (χ0v) is 8.78. The number of aliphatic hydroxyl groups is 2. The Balaban J connectivity index is 2.91. The molecule has 1 heterocycles. The molecule has 0 radical (unpaired) electrons. The van der Waals surface area contributed by atoms with Crippen LogP contribution >= 0.6 is 15.9 Å². The molecule has 4 nitrogen and oxygen atoms in total. The van der Waals surface area contributed by atoms with Gasteiger partial charge in [0.2, 0.25) is 5.95 Å². The summed E-state index contributed by atoms with van der Waals surface area (Å²) in [4.78, 5) is 3.34. The van der Waals surface area contributed by atoms with E-state index in [9.17, 15) is 14.6 Å². The highest BCUT2D eigenvalue weighted by atomic mass is 79.9. The molecule has 0 spiro atoms. The summed E-state index contributed by atoms with van der Waals surface area (Å²) in [5.74, 6) is -0.783. The summed E-state index contributed by atoms with van der Waals surface area (Å²) in [6, 6.07) is 1.25. The van der Waals surface area contributed by atoms with Gasteiger partial charge in [-0.05, 0) is 6.07 Å². The van der Waals surface area contributed by atoms with Crippen LogP contribution in [-0.4, -0.2) is 26.6 Å². The number of aromatic nitrogens is 1. The highest BCUT2D eigenvalue weighted by molar-refractivity contribution is 9.09. The molecule has 1 rings (SSSR count). The maximum atomic E-state index is 12.7. The molecule has 0 aliphatic rings. The van der Waals surface area contributed by atoms with Gasteiger partial charge in [0.15, 0.2) is 0 Å². The first-order chi connectivity index (χ1) is 6.56. The number of aliphatic hydroxyl groups excluding tert-OH is 2. The van der Waals surface area contributed by atoms with E-state index in [0.717, 1.165) is 6.20 Å². The molecule has 78 valence electrons. The molecule has 0 bridgehead atoms. The average Bonchev–Trinajstić information content (AvgIpc) is 2.20. The van der Waals surface area contributed by atoms with Crippen molar-refractivity contribution >= 4 is 21.6 Å². The Labute approximate surface area is 88.7 Å². The van der Waals surface area contributed by atoms with E-state index in [1.165, 1.54) is 6.07 Å². The third kappa shape index (κ3) is 2.40. The summed E-state index contributed by atoms with van der Waals surface area (Å²) in [5.41, 5.74) is 5.40. The minimum absolute atomic E-state index is 0.150. The topological polar surface area (TPSA) is 79.4 Å². The minimum atomic E-state index is -1.12. The fraction of sp³-hybridized carbons (Fsp3) is 0.375. The van der Waals surface area contributed by atoms with Crippen LogP contribution in [0.15, 0.2) is 12.3 Å². The van der Waals surface area contributed by atoms with E-state index in [2.05, 4.69) is 20.9 Å². The Hall–Kier alpha value is -0.720. The van der Waals surface area contributed by atoms with Crippen LogP contribution in [0.5, 0.6) is 0 Å². The van der Waals surface area contributed by atoms with Crippen LogP contribution in [0.4, 0.5) is 10.1 Å². The number of alkyl halides is 1. The van der Waals surface area contributed by atoms with Crippen LogP contribution in [0.3, 0.4) is 0 Å². The second kappa shape index (κ2) is 4.68. The fourth-order valence-electron chi connectivity index (χ4n) is 0.950. The molecule has 0 aliphatic heterocycles. The van der Waals surface area contributed by atoms with E-state index in [1.54, 1.807) is 0 Å². The van der Waals surface area contributed by atoms with E-state index >= 15 is 0 Å². The first kappa shape index (κ1) is 11.4. The summed E-state index contributed by atoms with van der Waals surface area (Å²) in [7, 11) is 0. The monoisotopic (exact) mass is 264 g/mol. The first-order valence-electron chi connectivity index (χ1n) is 3.89. The highest BCUT2D eigenvalue weighted by Gasteiger charge is 2.18. The minimum Gasteiger partial charge on any atom is -0.395 e. The smallest absolute Gasteiger partial charge is 0.236 e. The zero-order chi connectivity index (χ0) is 10.7. The molecule has 0 fully saturated rings. The largest absolute Gasteiger partial charge is 0.395 e. The SMILES string of the molecule is Nc1cc(C(O)C(O)CBr)cnc1F. The average molecular weight is 265 g/mol. The van der Waals surface area contributed by atoms with Crippen molar-refractivity contribution in [2.75, 3.05) is 11.1 Å². The predicted molar refractivity (Wildman–Crippen MR) is 53.4 cm³/mol. The molecule has 0 aromatic carbocycles. The lowest BCUT2D eigenvalue weighted by atomic mass is 10.1. The lowest BCUT2D eigenvalue weighted by molar-refractivity contribution is 0.0340. The lowest BCUT2D eigenvalue weighted by Gasteiger charge is -2.15. The van der Waals surface area contributed by atoms with E-state index in [4.69, 9.17) is 5.73 Å². The molecule has 0 amide bonds. The Morgan fingerprint density at radius 2 is 2.21 bits per heavy atom. The number of nitrogens with two attached hydrogens (primary N) is 1. The van der Waals surface area contributed by atoms with Crippen LogP contribution in [0.1, 0.15) is 11.7 Å². The number of hydrogen-bond donors (Lipinski definition) is 3. The summed E-state index contributed by atoms with van der Waals surface area (Å²) < 4.78 is 12.7. The Bertz CT molecular complexity index is 324. The third-order valence-corrected chi connectivity index (χ3v) is 2.41. The second-order valence-corrected chi connectivity index (χ2v) is 3.46. The summed E-state index contributed by atoms with van der Waals surface area (Å²) in [6.07, 6.45) is -0.950. The first-order valence-corrected chi connectivity index (χ1v) is 5.01. The molecule has 1 aromatic rings. The highest BCUT2D eigenvalue weighted by Crippen LogP contribution is 2.20. The normalized spacial score (nSPS) is 15.1. The van der Waals surface area contributed by atoms with Gasteiger partial charge in [-0.15, -0.1) is 0 Å². The van der Waals surface area contributed by atoms with E-state index in [-0.39, 0.29) is 16.6 Å². The molecule has 6 heteroatoms. The number of halogens is 2. The van der Waals surface area contributed by atoms with Gasteiger partial charge in [-0.3, -0.25) is 0 Å². The van der Waals surface area contributed by atoms with Gasteiger partial charge in [-0.1, -0.05) is 15.9 Å². The van der Waals surface area contributed by atoms with Crippen LogP contribution in [-0.2, 0) is 0 Å². The standard InChI is InChI=1S/C8H10BrFN2O2/c9-2-6(13)7(14)4-1-5(11)8(10)12-3-4/h1,3,6-7,13-14H,2,11H2. The lowest BCUT2D eigenvalue weighted by Crippen LogP contribution is -2.20. The number of hydrogen-bond acceptors (Lipinski definition) is 4.